The lowest BCUT2D eigenvalue weighted by Gasteiger charge is -2.30. The van der Waals surface area contributed by atoms with Crippen LogP contribution in [0.3, 0.4) is 0 Å². The van der Waals surface area contributed by atoms with Crippen molar-refractivity contribution in [1.82, 2.24) is 0 Å². The van der Waals surface area contributed by atoms with Crippen LogP contribution in [0.15, 0.2) is 12.2 Å². The Balaban J connectivity index is 1.93. The Labute approximate surface area is 141 Å². The van der Waals surface area contributed by atoms with Gasteiger partial charge in [-0.05, 0) is 50.9 Å². The number of carbonyl (C=O) groups is 1. The van der Waals surface area contributed by atoms with Crippen LogP contribution in [0.4, 0.5) is 0 Å². The molecule has 0 aromatic carbocycles. The average molecular weight is 322 g/mol. The van der Waals surface area contributed by atoms with Crippen LogP contribution >= 0.6 is 0 Å². The second-order valence-electron chi connectivity index (χ2n) is 7.31. The summed E-state index contributed by atoms with van der Waals surface area (Å²) < 4.78 is 12.1. The lowest BCUT2D eigenvalue weighted by molar-refractivity contribution is -0.149. The molecule has 2 aliphatic heterocycles. The summed E-state index contributed by atoms with van der Waals surface area (Å²) in [5.74, 6) is 0.597. The number of rotatable bonds is 9. The van der Waals surface area contributed by atoms with E-state index in [1.165, 1.54) is 19.3 Å². The molecule has 0 amide bonds. The van der Waals surface area contributed by atoms with E-state index in [1.807, 2.05) is 0 Å². The van der Waals surface area contributed by atoms with Crippen molar-refractivity contribution in [3.05, 3.63) is 12.2 Å². The van der Waals surface area contributed by atoms with Crippen molar-refractivity contribution in [2.45, 2.75) is 103 Å². The van der Waals surface area contributed by atoms with E-state index in [-0.39, 0.29) is 23.3 Å². The molecule has 0 radical (unpaired) electrons. The van der Waals surface area contributed by atoms with Gasteiger partial charge in [0.25, 0.3) is 0 Å². The highest BCUT2D eigenvalue weighted by molar-refractivity contribution is 5.73. The van der Waals surface area contributed by atoms with E-state index in [1.54, 1.807) is 0 Å². The first-order chi connectivity index (χ1) is 11.0. The monoisotopic (exact) mass is 322 g/mol. The minimum absolute atomic E-state index is 0.0260. The Bertz CT molecular complexity index is 431. The molecule has 3 nitrogen and oxygen atoms in total. The molecule has 0 aromatic heterocycles. The molecule has 2 rings (SSSR count). The van der Waals surface area contributed by atoms with Crippen molar-refractivity contribution < 1.29 is 14.3 Å². The van der Waals surface area contributed by atoms with Crippen LogP contribution in [0.25, 0.3) is 0 Å². The third-order valence-corrected chi connectivity index (χ3v) is 5.89. The van der Waals surface area contributed by atoms with Crippen molar-refractivity contribution >= 4 is 5.97 Å². The zero-order valence-corrected chi connectivity index (χ0v) is 15.4. The van der Waals surface area contributed by atoms with Gasteiger partial charge in [-0.25, -0.2) is 0 Å². The maximum absolute atomic E-state index is 11.7. The number of fused-ring (bicyclic) bond motifs is 1. The van der Waals surface area contributed by atoms with Gasteiger partial charge in [0.15, 0.2) is 0 Å². The van der Waals surface area contributed by atoms with E-state index >= 15 is 0 Å². The number of hydrogen-bond donors (Lipinski definition) is 0. The van der Waals surface area contributed by atoms with Gasteiger partial charge in [0.1, 0.15) is 11.7 Å². The third kappa shape index (κ3) is 3.99. The summed E-state index contributed by atoms with van der Waals surface area (Å²) in [6.07, 6.45) is 13.6. The maximum atomic E-state index is 11.7. The topological polar surface area (TPSA) is 35.5 Å². The highest BCUT2D eigenvalue weighted by Crippen LogP contribution is 2.51. The van der Waals surface area contributed by atoms with E-state index in [4.69, 9.17) is 9.47 Å². The Morgan fingerprint density at radius 3 is 2.61 bits per heavy atom. The zero-order valence-electron chi connectivity index (χ0n) is 15.4. The molecule has 2 saturated heterocycles. The van der Waals surface area contributed by atoms with Crippen LogP contribution in [0.5, 0.6) is 0 Å². The van der Waals surface area contributed by atoms with Gasteiger partial charge >= 0.3 is 5.97 Å². The minimum Gasteiger partial charge on any atom is -0.456 e. The molecule has 2 aliphatic rings. The first-order valence-corrected chi connectivity index (χ1v) is 9.59. The first-order valence-electron chi connectivity index (χ1n) is 9.59. The van der Waals surface area contributed by atoms with Gasteiger partial charge in [-0.15, -0.1) is 0 Å². The van der Waals surface area contributed by atoms with Crippen LogP contribution in [0, 0.1) is 5.92 Å². The van der Waals surface area contributed by atoms with E-state index in [0.717, 1.165) is 32.1 Å². The second kappa shape index (κ2) is 7.83. The van der Waals surface area contributed by atoms with Gasteiger partial charge in [0.2, 0.25) is 0 Å². The normalized spacial score (nSPS) is 34.8. The molecule has 132 valence electrons. The lowest BCUT2D eigenvalue weighted by atomic mass is 9.81. The number of carbonyl (C=O) groups excluding carboxylic acids is 1. The molecular formula is C20H34O3. The van der Waals surface area contributed by atoms with Crippen molar-refractivity contribution in [3.63, 3.8) is 0 Å². The van der Waals surface area contributed by atoms with Gasteiger partial charge in [0.05, 0.1) is 12.0 Å². The van der Waals surface area contributed by atoms with E-state index in [2.05, 4.69) is 39.8 Å². The molecule has 3 heteroatoms. The smallest absolute Gasteiger partial charge is 0.309 e. The third-order valence-electron chi connectivity index (χ3n) is 5.89. The number of hydrogen-bond acceptors (Lipinski definition) is 3. The van der Waals surface area contributed by atoms with Gasteiger partial charge in [-0.1, -0.05) is 39.8 Å². The predicted octanol–water partition coefficient (Wildman–Crippen LogP) is 5.18. The van der Waals surface area contributed by atoms with Gasteiger partial charge in [-0.3, -0.25) is 4.79 Å². The standard InChI is InChI=1S/C20H34O3/c1-5-9-11-16(6-2)12-10-13-19(7-3)15-20(8-4)17(22-19)14-18(21)23-20/h9,11,16-17H,5-8,10,12-15H2,1-4H3/b11-9+/t16?,17-,19-,20-/m1/s1. The molecule has 2 heterocycles. The fourth-order valence-electron chi connectivity index (χ4n) is 4.27. The molecule has 0 aliphatic carbocycles. The van der Waals surface area contributed by atoms with Gasteiger partial charge < -0.3 is 9.47 Å². The van der Waals surface area contributed by atoms with Crippen molar-refractivity contribution in [2.75, 3.05) is 0 Å². The van der Waals surface area contributed by atoms with Crippen LogP contribution in [-0.2, 0) is 14.3 Å². The predicted molar refractivity (Wildman–Crippen MR) is 93.3 cm³/mol. The molecule has 23 heavy (non-hydrogen) atoms. The summed E-state index contributed by atoms with van der Waals surface area (Å²) >= 11 is 0. The molecule has 4 atom stereocenters. The van der Waals surface area contributed by atoms with Gasteiger partial charge in [0, 0.05) is 6.42 Å². The second-order valence-corrected chi connectivity index (χ2v) is 7.31. The Morgan fingerprint density at radius 2 is 2.04 bits per heavy atom. The number of esters is 1. The number of ether oxygens (including phenoxy) is 2. The molecule has 1 unspecified atom stereocenters. The Hall–Kier alpha value is -0.830. The van der Waals surface area contributed by atoms with Crippen LogP contribution in [0.2, 0.25) is 0 Å². The van der Waals surface area contributed by atoms with Crippen LogP contribution in [-0.4, -0.2) is 23.3 Å². The highest BCUT2D eigenvalue weighted by atomic mass is 16.6. The fraction of sp³-hybridized carbons (Fsp3) is 0.850. The summed E-state index contributed by atoms with van der Waals surface area (Å²) in [5.41, 5.74) is -0.437. The highest BCUT2D eigenvalue weighted by Gasteiger charge is 2.60. The Kier molecular flexibility index (Phi) is 6.30. The lowest BCUT2D eigenvalue weighted by Crippen LogP contribution is -2.35. The SMILES string of the molecule is CC/C=C/C(CC)CCC[C@]1(CC)C[C@@]2(CC)OC(=O)C[C@H]2O1. The van der Waals surface area contributed by atoms with Crippen molar-refractivity contribution in [1.29, 1.82) is 0 Å². The molecule has 0 spiro atoms. The van der Waals surface area contributed by atoms with E-state index < -0.39 is 0 Å². The largest absolute Gasteiger partial charge is 0.456 e. The molecule has 0 bridgehead atoms. The fourth-order valence-corrected chi connectivity index (χ4v) is 4.27. The van der Waals surface area contributed by atoms with Crippen molar-refractivity contribution in [2.24, 2.45) is 5.92 Å². The maximum Gasteiger partial charge on any atom is 0.309 e. The molecule has 2 fully saturated rings. The molecular weight excluding hydrogens is 288 g/mol. The number of allylic oxidation sites excluding steroid dienone is 2. The quantitative estimate of drug-likeness (QED) is 0.433. The molecule has 0 N–H and O–H groups in total. The average Bonchev–Trinajstić information content (AvgIpc) is 3.00. The first kappa shape index (κ1) is 18.5. The molecule has 0 aromatic rings. The minimum atomic E-state index is -0.348. The van der Waals surface area contributed by atoms with E-state index in [0.29, 0.717) is 12.3 Å². The van der Waals surface area contributed by atoms with E-state index in [9.17, 15) is 4.79 Å². The Morgan fingerprint density at radius 1 is 1.26 bits per heavy atom. The van der Waals surface area contributed by atoms with Crippen LogP contribution < -0.4 is 0 Å². The zero-order chi connectivity index (χ0) is 16.9. The summed E-state index contributed by atoms with van der Waals surface area (Å²) in [5, 5.41) is 0. The molecule has 0 saturated carbocycles. The summed E-state index contributed by atoms with van der Waals surface area (Å²) in [4.78, 5) is 11.7. The van der Waals surface area contributed by atoms with Gasteiger partial charge in [-0.2, -0.15) is 0 Å². The summed E-state index contributed by atoms with van der Waals surface area (Å²) in [7, 11) is 0. The summed E-state index contributed by atoms with van der Waals surface area (Å²) in [6.45, 7) is 8.78. The van der Waals surface area contributed by atoms with Crippen molar-refractivity contribution in [3.8, 4) is 0 Å². The summed E-state index contributed by atoms with van der Waals surface area (Å²) in [6, 6.07) is 0. The van der Waals surface area contributed by atoms with Crippen LogP contribution in [0.1, 0.15) is 85.5 Å².